The molecule has 70 valence electrons. The predicted octanol–water partition coefficient (Wildman–Crippen LogP) is 2.82. The molecule has 0 N–H and O–H groups in total. The van der Waals surface area contributed by atoms with E-state index >= 15 is 0 Å². The van der Waals surface area contributed by atoms with Crippen molar-refractivity contribution in [3.8, 4) is 9.88 Å². The normalized spacial score (nSPS) is 10.9. The highest BCUT2D eigenvalue weighted by atomic mass is 32.1. The zero-order chi connectivity index (χ0) is 10.3. The second kappa shape index (κ2) is 3.47. The van der Waals surface area contributed by atoms with E-state index in [1.54, 1.807) is 22.7 Å². The van der Waals surface area contributed by atoms with Crippen molar-refractivity contribution in [1.82, 2.24) is 4.98 Å². The zero-order valence-corrected chi connectivity index (χ0v) is 9.44. The highest BCUT2D eigenvalue weighted by Crippen LogP contribution is 2.31. The van der Waals surface area contributed by atoms with E-state index in [0.717, 1.165) is 20.2 Å². The van der Waals surface area contributed by atoms with Crippen LogP contribution in [0.3, 0.4) is 0 Å². The fourth-order valence-corrected chi connectivity index (χ4v) is 3.24. The van der Waals surface area contributed by atoms with Gasteiger partial charge in [0.2, 0.25) is 0 Å². The SMILES string of the molecule is [B]c1ccc(-c2nc3ccccc3s2)s1. The van der Waals surface area contributed by atoms with Crippen molar-refractivity contribution in [2.45, 2.75) is 0 Å². The highest BCUT2D eigenvalue weighted by Gasteiger charge is 2.06. The number of fused-ring (bicyclic) bond motifs is 1. The average molecular weight is 227 g/mol. The van der Waals surface area contributed by atoms with Crippen molar-refractivity contribution in [3.63, 3.8) is 0 Å². The van der Waals surface area contributed by atoms with Gasteiger partial charge < -0.3 is 0 Å². The van der Waals surface area contributed by atoms with E-state index in [4.69, 9.17) is 7.85 Å². The largest absolute Gasteiger partial charge is 0.235 e. The molecule has 0 atom stereocenters. The topological polar surface area (TPSA) is 12.9 Å². The first-order chi connectivity index (χ1) is 7.33. The van der Waals surface area contributed by atoms with E-state index in [1.807, 2.05) is 30.3 Å². The molecule has 0 unspecified atom stereocenters. The smallest absolute Gasteiger partial charge is 0.134 e. The van der Waals surface area contributed by atoms with E-state index in [-0.39, 0.29) is 0 Å². The molecule has 3 aromatic rings. The van der Waals surface area contributed by atoms with Crippen LogP contribution in [0.4, 0.5) is 0 Å². The number of para-hydroxylation sites is 1. The maximum absolute atomic E-state index is 5.71. The van der Waals surface area contributed by atoms with E-state index in [9.17, 15) is 0 Å². The average Bonchev–Trinajstić information content (AvgIpc) is 2.82. The summed E-state index contributed by atoms with van der Waals surface area (Å²) in [4.78, 5) is 5.72. The predicted molar refractivity (Wildman–Crippen MR) is 68.3 cm³/mol. The van der Waals surface area contributed by atoms with Gasteiger partial charge in [0.15, 0.2) is 0 Å². The first-order valence-corrected chi connectivity index (χ1v) is 6.17. The van der Waals surface area contributed by atoms with Crippen molar-refractivity contribution in [3.05, 3.63) is 36.4 Å². The van der Waals surface area contributed by atoms with Crippen molar-refractivity contribution < 1.29 is 0 Å². The second-order valence-electron chi connectivity index (χ2n) is 3.19. The Balaban J connectivity index is 2.19. The molecule has 15 heavy (non-hydrogen) atoms. The van der Waals surface area contributed by atoms with Gasteiger partial charge in [0, 0.05) is 0 Å². The number of aromatic nitrogens is 1. The van der Waals surface area contributed by atoms with Gasteiger partial charge in [0.25, 0.3) is 0 Å². The zero-order valence-electron chi connectivity index (χ0n) is 7.81. The van der Waals surface area contributed by atoms with Crippen LogP contribution in [0.15, 0.2) is 36.4 Å². The molecular formula is C11H6BNS2. The van der Waals surface area contributed by atoms with Crippen LogP contribution in [0.2, 0.25) is 0 Å². The number of hydrogen-bond donors (Lipinski definition) is 0. The molecule has 0 fully saturated rings. The summed E-state index contributed by atoms with van der Waals surface area (Å²) in [6, 6.07) is 12.1. The number of benzene rings is 1. The molecule has 1 aromatic carbocycles. The van der Waals surface area contributed by atoms with Gasteiger partial charge in [-0.05, 0) is 23.0 Å². The molecule has 4 heteroatoms. The summed E-state index contributed by atoms with van der Waals surface area (Å²) in [6.45, 7) is 0. The highest BCUT2D eigenvalue weighted by molar-refractivity contribution is 7.28. The third-order valence-electron chi connectivity index (χ3n) is 2.13. The summed E-state index contributed by atoms with van der Waals surface area (Å²) in [7, 11) is 5.71. The lowest BCUT2D eigenvalue weighted by Gasteiger charge is -1.85. The Morgan fingerprint density at radius 3 is 2.60 bits per heavy atom. The lowest BCUT2D eigenvalue weighted by Crippen LogP contribution is -1.88. The van der Waals surface area contributed by atoms with Crippen LogP contribution in [0.25, 0.3) is 20.1 Å². The summed E-state index contributed by atoms with van der Waals surface area (Å²) < 4.78 is 2.06. The van der Waals surface area contributed by atoms with E-state index in [0.29, 0.717) is 0 Å². The first kappa shape index (κ1) is 9.13. The summed E-state index contributed by atoms with van der Waals surface area (Å²) in [5, 5.41) is 1.05. The standard InChI is InChI=1S/C11H6BNS2/c12-10-6-5-9(14-10)11-13-7-3-1-2-4-8(7)15-11/h1-6H. The maximum atomic E-state index is 5.71. The Labute approximate surface area is 96.8 Å². The van der Waals surface area contributed by atoms with Gasteiger partial charge in [-0.2, -0.15) is 0 Å². The minimum Gasteiger partial charge on any atom is -0.235 e. The molecule has 0 amide bonds. The second-order valence-corrected chi connectivity index (χ2v) is 5.33. The number of hydrogen-bond acceptors (Lipinski definition) is 3. The van der Waals surface area contributed by atoms with Crippen LogP contribution < -0.4 is 4.78 Å². The monoisotopic (exact) mass is 227 g/mol. The fraction of sp³-hybridized carbons (Fsp3) is 0. The molecule has 2 radical (unpaired) electrons. The molecule has 3 rings (SSSR count). The molecule has 0 saturated carbocycles. The van der Waals surface area contributed by atoms with Crippen LogP contribution in [0, 0.1) is 0 Å². The van der Waals surface area contributed by atoms with Crippen molar-refractivity contribution in [2.24, 2.45) is 0 Å². The number of nitrogens with zero attached hydrogens (tertiary/aromatic N) is 1. The Kier molecular flexibility index (Phi) is 2.11. The lowest BCUT2D eigenvalue weighted by molar-refractivity contribution is 1.50. The maximum Gasteiger partial charge on any atom is 0.134 e. The molecule has 2 heterocycles. The Bertz CT molecular complexity index is 579. The van der Waals surface area contributed by atoms with Crippen molar-refractivity contribution in [2.75, 3.05) is 0 Å². The van der Waals surface area contributed by atoms with Gasteiger partial charge in [-0.1, -0.05) is 18.2 Å². The molecule has 1 nitrogen and oxygen atoms in total. The van der Waals surface area contributed by atoms with Gasteiger partial charge >= 0.3 is 0 Å². The quantitative estimate of drug-likeness (QED) is 0.582. The molecule has 0 aliphatic rings. The minimum atomic E-state index is 0.837. The summed E-state index contributed by atoms with van der Waals surface area (Å²) in [5.41, 5.74) is 1.06. The Morgan fingerprint density at radius 2 is 1.87 bits per heavy atom. The van der Waals surface area contributed by atoms with Gasteiger partial charge in [0.05, 0.1) is 15.1 Å². The minimum absolute atomic E-state index is 0.837. The Hall–Kier alpha value is -1.13. The van der Waals surface area contributed by atoms with Gasteiger partial charge in [-0.25, -0.2) is 4.98 Å². The number of thiazole rings is 1. The first-order valence-electron chi connectivity index (χ1n) is 4.54. The van der Waals surface area contributed by atoms with E-state index < -0.39 is 0 Å². The Morgan fingerprint density at radius 1 is 1.00 bits per heavy atom. The van der Waals surface area contributed by atoms with Crippen LogP contribution in [-0.4, -0.2) is 12.8 Å². The number of rotatable bonds is 1. The summed E-state index contributed by atoms with van der Waals surface area (Å²) >= 11 is 3.29. The fourth-order valence-electron chi connectivity index (χ4n) is 1.45. The van der Waals surface area contributed by atoms with Gasteiger partial charge in [-0.15, -0.1) is 22.7 Å². The van der Waals surface area contributed by atoms with Crippen LogP contribution in [0.1, 0.15) is 0 Å². The molecule has 0 spiro atoms. The molecule has 0 aliphatic carbocycles. The molecular weight excluding hydrogens is 221 g/mol. The van der Waals surface area contributed by atoms with Gasteiger partial charge in [0.1, 0.15) is 12.9 Å². The van der Waals surface area contributed by atoms with Crippen LogP contribution in [-0.2, 0) is 0 Å². The molecule has 0 saturated heterocycles. The number of thiophene rings is 1. The van der Waals surface area contributed by atoms with E-state index in [2.05, 4.69) is 11.1 Å². The lowest BCUT2D eigenvalue weighted by atomic mass is 10.1. The third-order valence-corrected chi connectivity index (χ3v) is 4.25. The van der Waals surface area contributed by atoms with Crippen molar-refractivity contribution >= 4 is 45.5 Å². The molecule has 0 bridgehead atoms. The summed E-state index contributed by atoms with van der Waals surface area (Å²) in [5.74, 6) is 0. The summed E-state index contributed by atoms with van der Waals surface area (Å²) in [6.07, 6.45) is 0. The molecule has 0 aliphatic heterocycles. The molecule has 2 aromatic heterocycles. The third kappa shape index (κ3) is 1.60. The van der Waals surface area contributed by atoms with Gasteiger partial charge in [-0.3, -0.25) is 0 Å². The van der Waals surface area contributed by atoms with Crippen molar-refractivity contribution in [1.29, 1.82) is 0 Å². The van der Waals surface area contributed by atoms with Crippen LogP contribution in [0.5, 0.6) is 0 Å². The van der Waals surface area contributed by atoms with E-state index in [1.165, 1.54) is 4.70 Å². The van der Waals surface area contributed by atoms with Crippen LogP contribution >= 0.6 is 22.7 Å².